The van der Waals surface area contributed by atoms with Crippen LogP contribution < -0.4 is 0 Å². The Kier molecular flexibility index (Phi) is 2.49. The third-order valence-corrected chi connectivity index (χ3v) is 2.37. The molecule has 0 amide bonds. The molecule has 0 aromatic rings. The molecular weight excluding hydrogens is 144 g/mol. The molecule has 0 spiro atoms. The van der Waals surface area contributed by atoms with Gasteiger partial charge in [0, 0.05) is 0 Å². The average Bonchev–Trinajstić information content (AvgIpc) is 2.31. The van der Waals surface area contributed by atoms with Gasteiger partial charge in [0.05, 0.1) is 19.1 Å². The zero-order valence-electron chi connectivity index (χ0n) is 6.91. The van der Waals surface area contributed by atoms with Gasteiger partial charge >= 0.3 is 5.97 Å². The fourth-order valence-electron chi connectivity index (χ4n) is 1.59. The van der Waals surface area contributed by atoms with Crippen LogP contribution in [0.4, 0.5) is 0 Å². The van der Waals surface area contributed by atoms with Crippen LogP contribution in [0.5, 0.6) is 0 Å². The van der Waals surface area contributed by atoms with E-state index in [-0.39, 0.29) is 23.9 Å². The predicted molar refractivity (Wildman–Crippen MR) is 39.9 cm³/mol. The first-order chi connectivity index (χ1) is 5.15. The zero-order valence-corrected chi connectivity index (χ0v) is 6.91. The standard InChI is InChI=1S/C8H14O3/c1-5-3-6(4-7(5)9)8(10)11-2/h5-7,9H,3-4H2,1-2H3/t5-,6+,7-/m1/s1. The second-order valence-corrected chi connectivity index (χ2v) is 3.24. The maximum atomic E-state index is 11.0. The summed E-state index contributed by atoms with van der Waals surface area (Å²) in [5.41, 5.74) is 0. The van der Waals surface area contributed by atoms with Crippen molar-refractivity contribution in [1.29, 1.82) is 0 Å². The highest BCUT2D eigenvalue weighted by Crippen LogP contribution is 2.31. The Morgan fingerprint density at radius 3 is 2.55 bits per heavy atom. The van der Waals surface area contributed by atoms with Crippen molar-refractivity contribution in [2.24, 2.45) is 11.8 Å². The van der Waals surface area contributed by atoms with E-state index in [1.807, 2.05) is 6.92 Å². The van der Waals surface area contributed by atoms with Gasteiger partial charge in [-0.15, -0.1) is 0 Å². The third kappa shape index (κ3) is 1.71. The van der Waals surface area contributed by atoms with Crippen LogP contribution in [-0.4, -0.2) is 24.3 Å². The molecule has 0 aromatic carbocycles. The summed E-state index contributed by atoms with van der Waals surface area (Å²) in [6.07, 6.45) is 1.00. The van der Waals surface area contributed by atoms with E-state index >= 15 is 0 Å². The number of aliphatic hydroxyl groups is 1. The fourth-order valence-corrected chi connectivity index (χ4v) is 1.59. The molecule has 3 nitrogen and oxygen atoms in total. The lowest BCUT2D eigenvalue weighted by molar-refractivity contribution is -0.145. The molecule has 1 aliphatic rings. The van der Waals surface area contributed by atoms with Crippen molar-refractivity contribution in [2.45, 2.75) is 25.9 Å². The highest BCUT2D eigenvalue weighted by atomic mass is 16.5. The van der Waals surface area contributed by atoms with Crippen molar-refractivity contribution < 1.29 is 14.6 Å². The molecule has 1 aliphatic carbocycles. The molecule has 0 radical (unpaired) electrons. The van der Waals surface area contributed by atoms with E-state index in [4.69, 9.17) is 0 Å². The first kappa shape index (κ1) is 8.53. The molecule has 0 unspecified atom stereocenters. The third-order valence-electron chi connectivity index (χ3n) is 2.37. The van der Waals surface area contributed by atoms with E-state index in [9.17, 15) is 9.90 Å². The van der Waals surface area contributed by atoms with Gasteiger partial charge in [-0.2, -0.15) is 0 Å². The Bertz CT molecular complexity index is 145. The van der Waals surface area contributed by atoms with Gasteiger partial charge in [-0.3, -0.25) is 4.79 Å². The zero-order chi connectivity index (χ0) is 8.43. The molecule has 0 aromatic heterocycles. The van der Waals surface area contributed by atoms with E-state index < -0.39 is 0 Å². The minimum atomic E-state index is -0.320. The summed E-state index contributed by atoms with van der Waals surface area (Å²) in [5, 5.41) is 9.30. The number of esters is 1. The summed E-state index contributed by atoms with van der Waals surface area (Å²) in [4.78, 5) is 11.0. The molecule has 0 aliphatic heterocycles. The number of carbonyl (C=O) groups is 1. The first-order valence-corrected chi connectivity index (χ1v) is 3.91. The van der Waals surface area contributed by atoms with E-state index in [0.717, 1.165) is 6.42 Å². The van der Waals surface area contributed by atoms with Crippen molar-refractivity contribution in [3.63, 3.8) is 0 Å². The number of rotatable bonds is 1. The highest BCUT2D eigenvalue weighted by Gasteiger charge is 2.34. The largest absolute Gasteiger partial charge is 0.469 e. The van der Waals surface area contributed by atoms with Gasteiger partial charge in [0.2, 0.25) is 0 Å². The maximum absolute atomic E-state index is 11.0. The van der Waals surface area contributed by atoms with Gasteiger partial charge in [0.15, 0.2) is 0 Å². The van der Waals surface area contributed by atoms with Gasteiger partial charge in [-0.05, 0) is 18.8 Å². The summed E-state index contributed by atoms with van der Waals surface area (Å²) in [5.74, 6) is -0.0301. The number of hydrogen-bond donors (Lipinski definition) is 1. The Hall–Kier alpha value is -0.570. The van der Waals surface area contributed by atoms with Crippen LogP contribution in [0.3, 0.4) is 0 Å². The van der Waals surface area contributed by atoms with Crippen LogP contribution in [0.25, 0.3) is 0 Å². The summed E-state index contributed by atoms with van der Waals surface area (Å²) in [6, 6.07) is 0. The Morgan fingerprint density at radius 1 is 1.55 bits per heavy atom. The van der Waals surface area contributed by atoms with E-state index in [1.165, 1.54) is 7.11 Å². The molecule has 1 N–H and O–H groups in total. The van der Waals surface area contributed by atoms with Crippen molar-refractivity contribution in [3.8, 4) is 0 Å². The highest BCUT2D eigenvalue weighted by molar-refractivity contribution is 5.72. The molecule has 1 fully saturated rings. The summed E-state index contributed by atoms with van der Waals surface area (Å²) in [7, 11) is 1.39. The molecule has 0 bridgehead atoms. The van der Waals surface area contributed by atoms with Crippen LogP contribution in [-0.2, 0) is 9.53 Å². The van der Waals surface area contributed by atoms with Crippen molar-refractivity contribution in [3.05, 3.63) is 0 Å². The quantitative estimate of drug-likeness (QED) is 0.567. The van der Waals surface area contributed by atoms with Crippen molar-refractivity contribution in [2.75, 3.05) is 7.11 Å². The smallest absolute Gasteiger partial charge is 0.308 e. The molecule has 0 heterocycles. The Labute approximate surface area is 66.4 Å². The molecule has 3 heteroatoms. The number of ether oxygens (including phenoxy) is 1. The number of aliphatic hydroxyl groups excluding tert-OH is 1. The summed E-state index contributed by atoms with van der Waals surface area (Å²) >= 11 is 0. The summed E-state index contributed by atoms with van der Waals surface area (Å²) in [6.45, 7) is 1.95. The molecular formula is C8H14O3. The van der Waals surface area contributed by atoms with Crippen molar-refractivity contribution >= 4 is 5.97 Å². The van der Waals surface area contributed by atoms with E-state index in [1.54, 1.807) is 0 Å². The maximum Gasteiger partial charge on any atom is 0.308 e. The SMILES string of the molecule is COC(=O)[C@H]1C[C@@H](C)[C@H](O)C1. The Balaban J connectivity index is 2.46. The monoisotopic (exact) mass is 158 g/mol. The predicted octanol–water partition coefficient (Wildman–Crippen LogP) is 0.566. The van der Waals surface area contributed by atoms with Crippen LogP contribution in [0.2, 0.25) is 0 Å². The molecule has 3 atom stereocenters. The lowest BCUT2D eigenvalue weighted by Gasteiger charge is -2.04. The lowest BCUT2D eigenvalue weighted by atomic mass is 10.1. The van der Waals surface area contributed by atoms with Crippen LogP contribution in [0.1, 0.15) is 19.8 Å². The van der Waals surface area contributed by atoms with Gasteiger partial charge in [0.1, 0.15) is 0 Å². The van der Waals surface area contributed by atoms with Crippen molar-refractivity contribution in [1.82, 2.24) is 0 Å². The first-order valence-electron chi connectivity index (χ1n) is 3.91. The minimum absolute atomic E-state index is 0.0787. The average molecular weight is 158 g/mol. The molecule has 1 saturated carbocycles. The van der Waals surface area contributed by atoms with E-state index in [0.29, 0.717) is 6.42 Å². The topological polar surface area (TPSA) is 46.5 Å². The molecule has 1 rings (SSSR count). The number of hydrogen-bond acceptors (Lipinski definition) is 3. The van der Waals surface area contributed by atoms with Crippen LogP contribution in [0, 0.1) is 11.8 Å². The number of carbonyl (C=O) groups excluding carboxylic acids is 1. The fraction of sp³-hybridized carbons (Fsp3) is 0.875. The van der Waals surface area contributed by atoms with Gasteiger partial charge in [0.25, 0.3) is 0 Å². The second-order valence-electron chi connectivity index (χ2n) is 3.24. The lowest BCUT2D eigenvalue weighted by Crippen LogP contribution is -2.13. The number of methoxy groups -OCH3 is 1. The molecule has 0 saturated heterocycles. The van der Waals surface area contributed by atoms with Gasteiger partial charge in [-0.25, -0.2) is 0 Å². The Morgan fingerprint density at radius 2 is 2.18 bits per heavy atom. The van der Waals surface area contributed by atoms with Gasteiger partial charge < -0.3 is 9.84 Å². The van der Waals surface area contributed by atoms with E-state index in [2.05, 4.69) is 4.74 Å². The minimum Gasteiger partial charge on any atom is -0.469 e. The second kappa shape index (κ2) is 3.22. The van der Waals surface area contributed by atoms with Crippen LogP contribution in [0.15, 0.2) is 0 Å². The van der Waals surface area contributed by atoms with Crippen LogP contribution >= 0.6 is 0 Å². The molecule has 11 heavy (non-hydrogen) atoms. The van der Waals surface area contributed by atoms with Gasteiger partial charge in [-0.1, -0.05) is 6.92 Å². The normalized spacial score (nSPS) is 37.2. The molecule has 64 valence electrons. The summed E-state index contributed by atoms with van der Waals surface area (Å²) < 4.78 is 4.58.